The zero-order chi connectivity index (χ0) is 16.9. The van der Waals surface area contributed by atoms with E-state index in [0.29, 0.717) is 25.9 Å². The second kappa shape index (κ2) is 8.23. The van der Waals surface area contributed by atoms with Crippen molar-refractivity contribution >= 4 is 27.3 Å². The minimum absolute atomic E-state index is 0.0722. The van der Waals surface area contributed by atoms with Crippen molar-refractivity contribution in [2.24, 2.45) is 0 Å². The van der Waals surface area contributed by atoms with Crippen LogP contribution in [0.1, 0.15) is 25.1 Å². The number of ether oxygens (including phenoxy) is 1. The lowest BCUT2D eigenvalue weighted by molar-refractivity contribution is -0.120. The molecule has 2 atom stereocenters. The van der Waals surface area contributed by atoms with Crippen LogP contribution in [-0.4, -0.2) is 56.2 Å². The highest BCUT2D eigenvalue weighted by Gasteiger charge is 2.30. The van der Waals surface area contributed by atoms with Gasteiger partial charge in [0.1, 0.15) is 0 Å². The van der Waals surface area contributed by atoms with E-state index in [1.54, 1.807) is 11.3 Å². The van der Waals surface area contributed by atoms with Crippen molar-refractivity contribution in [3.05, 3.63) is 22.4 Å². The van der Waals surface area contributed by atoms with Crippen LogP contribution >= 0.6 is 11.3 Å². The number of hydrogen-bond donors (Lipinski definition) is 1. The highest BCUT2D eigenvalue weighted by molar-refractivity contribution is 7.89. The van der Waals surface area contributed by atoms with Gasteiger partial charge >= 0.3 is 0 Å². The average Bonchev–Trinajstić information content (AvgIpc) is 2.97. The maximum atomic E-state index is 12.3. The maximum Gasteiger partial charge on any atom is 0.220 e. The number of thiophene rings is 1. The lowest BCUT2D eigenvalue weighted by Crippen LogP contribution is -2.49. The van der Waals surface area contributed by atoms with Gasteiger partial charge in [0.05, 0.1) is 18.0 Å². The van der Waals surface area contributed by atoms with Crippen molar-refractivity contribution in [2.45, 2.75) is 38.9 Å². The number of carbonyl (C=O) groups is 1. The molecule has 1 aliphatic heterocycles. The summed E-state index contributed by atoms with van der Waals surface area (Å²) >= 11 is 1.62. The van der Waals surface area contributed by atoms with Gasteiger partial charge in [-0.05, 0) is 31.7 Å². The molecule has 23 heavy (non-hydrogen) atoms. The fraction of sp³-hybridized carbons (Fsp3) is 0.667. The van der Waals surface area contributed by atoms with Crippen LogP contribution in [0.5, 0.6) is 0 Å². The summed E-state index contributed by atoms with van der Waals surface area (Å²) in [6, 6.07) is 3.94. The molecule has 8 heteroatoms. The van der Waals surface area contributed by atoms with Crippen LogP contribution in [0.3, 0.4) is 0 Å². The number of sulfonamides is 1. The topological polar surface area (TPSA) is 75.7 Å². The van der Waals surface area contributed by atoms with Crippen molar-refractivity contribution in [1.29, 1.82) is 0 Å². The van der Waals surface area contributed by atoms with E-state index < -0.39 is 10.0 Å². The van der Waals surface area contributed by atoms with Crippen molar-refractivity contribution in [2.75, 3.05) is 25.4 Å². The Balaban J connectivity index is 1.72. The van der Waals surface area contributed by atoms with Crippen molar-refractivity contribution in [3.63, 3.8) is 0 Å². The summed E-state index contributed by atoms with van der Waals surface area (Å²) in [5, 5.41) is 4.67. The number of rotatable bonds is 7. The highest BCUT2D eigenvalue weighted by atomic mass is 32.2. The first kappa shape index (κ1) is 18.4. The van der Waals surface area contributed by atoms with Crippen LogP contribution in [0.25, 0.3) is 0 Å². The number of amides is 1. The normalized spacial score (nSPS) is 22.9. The third kappa shape index (κ3) is 5.87. The summed E-state index contributed by atoms with van der Waals surface area (Å²) < 4.78 is 31.7. The first-order chi connectivity index (χ1) is 10.9. The van der Waals surface area contributed by atoms with E-state index in [1.807, 2.05) is 31.4 Å². The third-order valence-corrected chi connectivity index (χ3v) is 6.38. The monoisotopic (exact) mass is 360 g/mol. The SMILES string of the molecule is C[C@H]1CN(S(=O)(=O)CCNC(=O)CCc2cccs2)C[C@H](C)O1. The molecule has 0 radical (unpaired) electrons. The molecule has 0 spiro atoms. The summed E-state index contributed by atoms with van der Waals surface area (Å²) in [6.45, 7) is 4.62. The van der Waals surface area contributed by atoms with Gasteiger partial charge in [-0.1, -0.05) is 6.07 Å². The first-order valence-corrected chi connectivity index (χ1v) is 10.3. The minimum atomic E-state index is -3.36. The molecular formula is C15H24N2O4S2. The zero-order valence-corrected chi connectivity index (χ0v) is 15.2. The van der Waals surface area contributed by atoms with Crippen LogP contribution in [0.2, 0.25) is 0 Å². The van der Waals surface area contributed by atoms with Gasteiger partial charge in [-0.15, -0.1) is 11.3 Å². The van der Waals surface area contributed by atoms with E-state index in [9.17, 15) is 13.2 Å². The number of nitrogens with zero attached hydrogens (tertiary/aromatic N) is 1. The van der Waals surface area contributed by atoms with Crippen LogP contribution in [0, 0.1) is 0 Å². The Morgan fingerprint density at radius 1 is 1.39 bits per heavy atom. The summed E-state index contributed by atoms with van der Waals surface area (Å²) in [4.78, 5) is 12.9. The highest BCUT2D eigenvalue weighted by Crippen LogP contribution is 2.14. The molecule has 1 fully saturated rings. The molecule has 1 aromatic heterocycles. The maximum absolute atomic E-state index is 12.3. The van der Waals surface area contributed by atoms with E-state index in [4.69, 9.17) is 4.74 Å². The van der Waals surface area contributed by atoms with Gasteiger partial charge in [-0.3, -0.25) is 4.79 Å². The zero-order valence-electron chi connectivity index (χ0n) is 13.5. The number of morpholine rings is 1. The fourth-order valence-corrected chi connectivity index (χ4v) is 4.79. The molecule has 1 saturated heterocycles. The summed E-state index contributed by atoms with van der Waals surface area (Å²) in [6.07, 6.45) is 0.865. The summed E-state index contributed by atoms with van der Waals surface area (Å²) in [5.41, 5.74) is 0. The van der Waals surface area contributed by atoms with Gasteiger partial charge in [0.25, 0.3) is 0 Å². The van der Waals surface area contributed by atoms with Gasteiger partial charge in [-0.25, -0.2) is 8.42 Å². The smallest absolute Gasteiger partial charge is 0.220 e. The molecule has 130 valence electrons. The number of nitrogens with one attached hydrogen (secondary N) is 1. The number of carbonyl (C=O) groups excluding carboxylic acids is 1. The first-order valence-electron chi connectivity index (χ1n) is 7.79. The van der Waals surface area contributed by atoms with Gasteiger partial charge in [0, 0.05) is 30.9 Å². The van der Waals surface area contributed by atoms with E-state index >= 15 is 0 Å². The quantitative estimate of drug-likeness (QED) is 0.794. The number of aryl methyl sites for hydroxylation is 1. The molecule has 0 aliphatic carbocycles. The standard InChI is InChI=1S/C15H24N2O4S2/c1-12-10-17(11-13(2)21-12)23(19,20)9-7-16-15(18)6-5-14-4-3-8-22-14/h3-4,8,12-13H,5-7,9-11H2,1-2H3,(H,16,18)/t12-,13-/m0/s1. The molecule has 0 saturated carbocycles. The minimum Gasteiger partial charge on any atom is -0.373 e. The van der Waals surface area contributed by atoms with Crippen LogP contribution in [-0.2, 0) is 26.0 Å². The van der Waals surface area contributed by atoms with E-state index in [2.05, 4.69) is 5.32 Å². The van der Waals surface area contributed by atoms with Gasteiger partial charge in [0.15, 0.2) is 0 Å². The largest absolute Gasteiger partial charge is 0.373 e. The second-order valence-electron chi connectivity index (χ2n) is 5.82. The Kier molecular flexibility index (Phi) is 6.58. The van der Waals surface area contributed by atoms with Crippen molar-refractivity contribution in [3.8, 4) is 0 Å². The molecule has 2 rings (SSSR count). The van der Waals surface area contributed by atoms with Crippen molar-refractivity contribution in [1.82, 2.24) is 9.62 Å². The Hall–Kier alpha value is -0.960. The Morgan fingerprint density at radius 2 is 2.09 bits per heavy atom. The molecule has 1 aromatic rings. The van der Waals surface area contributed by atoms with Gasteiger partial charge < -0.3 is 10.1 Å². The molecular weight excluding hydrogens is 336 g/mol. The predicted molar refractivity (Wildman–Crippen MR) is 91.0 cm³/mol. The lowest BCUT2D eigenvalue weighted by Gasteiger charge is -2.34. The molecule has 0 bridgehead atoms. The van der Waals surface area contributed by atoms with E-state index in [-0.39, 0.29) is 30.4 Å². The molecule has 1 N–H and O–H groups in total. The Bertz CT molecular complexity index is 591. The van der Waals surface area contributed by atoms with Gasteiger partial charge in [0.2, 0.25) is 15.9 Å². The molecule has 0 aromatic carbocycles. The lowest BCUT2D eigenvalue weighted by atomic mass is 10.2. The van der Waals surface area contributed by atoms with Crippen LogP contribution in [0.15, 0.2) is 17.5 Å². The summed E-state index contributed by atoms with van der Waals surface area (Å²) in [5.74, 6) is -0.186. The van der Waals surface area contributed by atoms with E-state index in [1.165, 1.54) is 4.31 Å². The average molecular weight is 361 g/mol. The second-order valence-corrected chi connectivity index (χ2v) is 8.94. The molecule has 0 unspecified atom stereocenters. The Morgan fingerprint density at radius 3 is 2.70 bits per heavy atom. The van der Waals surface area contributed by atoms with E-state index in [0.717, 1.165) is 4.88 Å². The predicted octanol–water partition coefficient (Wildman–Crippen LogP) is 1.24. The van der Waals surface area contributed by atoms with Gasteiger partial charge in [-0.2, -0.15) is 4.31 Å². The molecule has 1 amide bonds. The fourth-order valence-electron chi connectivity index (χ4n) is 2.59. The van der Waals surface area contributed by atoms with Crippen LogP contribution in [0.4, 0.5) is 0 Å². The Labute approximate surface area is 141 Å². The third-order valence-electron chi connectivity index (χ3n) is 3.64. The summed E-state index contributed by atoms with van der Waals surface area (Å²) in [7, 11) is -3.36. The van der Waals surface area contributed by atoms with Crippen LogP contribution < -0.4 is 5.32 Å². The van der Waals surface area contributed by atoms with Crippen molar-refractivity contribution < 1.29 is 17.9 Å². The number of hydrogen-bond acceptors (Lipinski definition) is 5. The molecule has 6 nitrogen and oxygen atoms in total. The molecule has 2 heterocycles. The molecule has 1 aliphatic rings.